The maximum absolute atomic E-state index is 12.1. The van der Waals surface area contributed by atoms with Crippen LogP contribution in [0, 0.1) is 5.92 Å². The van der Waals surface area contributed by atoms with Gasteiger partial charge in [0.15, 0.2) is 0 Å². The van der Waals surface area contributed by atoms with Gasteiger partial charge in [-0.3, -0.25) is 9.69 Å². The lowest BCUT2D eigenvalue weighted by molar-refractivity contribution is -0.131. The van der Waals surface area contributed by atoms with Gasteiger partial charge in [-0.2, -0.15) is 0 Å². The van der Waals surface area contributed by atoms with Crippen LogP contribution in [0.1, 0.15) is 32.6 Å². The summed E-state index contributed by atoms with van der Waals surface area (Å²) in [7, 11) is 2.07. The Balaban J connectivity index is 1.64. The van der Waals surface area contributed by atoms with E-state index in [1.54, 1.807) is 0 Å². The van der Waals surface area contributed by atoms with Crippen molar-refractivity contribution in [3.63, 3.8) is 0 Å². The molecular weight excluding hydrogens is 266 g/mol. The maximum Gasteiger partial charge on any atom is 0.236 e. The molecule has 2 saturated heterocycles. The van der Waals surface area contributed by atoms with Crippen molar-refractivity contribution in [3.8, 4) is 0 Å². The number of likely N-dealkylation sites (N-methyl/N-ethyl adjacent to an activating group) is 1. The van der Waals surface area contributed by atoms with Crippen LogP contribution in [0.5, 0.6) is 0 Å². The molecule has 5 heteroatoms. The molecule has 122 valence electrons. The predicted octanol–water partition coefficient (Wildman–Crippen LogP) is 0.633. The van der Waals surface area contributed by atoms with Gasteiger partial charge in [0.2, 0.25) is 5.91 Å². The third-order valence-electron chi connectivity index (χ3n) is 4.66. The van der Waals surface area contributed by atoms with Gasteiger partial charge in [-0.15, -0.1) is 0 Å². The van der Waals surface area contributed by atoms with Crippen molar-refractivity contribution in [3.05, 3.63) is 0 Å². The molecule has 21 heavy (non-hydrogen) atoms. The Labute approximate surface area is 128 Å². The number of aliphatic hydroxyl groups is 1. The quantitative estimate of drug-likeness (QED) is 0.781. The van der Waals surface area contributed by atoms with Crippen LogP contribution in [0.2, 0.25) is 0 Å². The molecule has 5 nitrogen and oxygen atoms in total. The highest BCUT2D eigenvalue weighted by molar-refractivity contribution is 5.78. The zero-order valence-electron chi connectivity index (χ0n) is 13.6. The van der Waals surface area contributed by atoms with Crippen molar-refractivity contribution in [1.29, 1.82) is 0 Å². The van der Waals surface area contributed by atoms with E-state index in [1.807, 2.05) is 11.8 Å². The third kappa shape index (κ3) is 5.57. The molecule has 0 bridgehead atoms. The van der Waals surface area contributed by atoms with Crippen LogP contribution >= 0.6 is 0 Å². The molecule has 0 unspecified atom stereocenters. The first kappa shape index (κ1) is 16.7. The van der Waals surface area contributed by atoms with E-state index in [2.05, 4.69) is 16.8 Å². The Morgan fingerprint density at radius 1 is 1.24 bits per heavy atom. The van der Waals surface area contributed by atoms with E-state index in [9.17, 15) is 9.90 Å². The minimum atomic E-state index is -0.234. The second-order valence-electron chi connectivity index (χ2n) is 6.88. The Hall–Kier alpha value is -0.650. The number of hydrogen-bond acceptors (Lipinski definition) is 4. The second-order valence-corrected chi connectivity index (χ2v) is 6.88. The molecule has 0 radical (unpaired) electrons. The van der Waals surface area contributed by atoms with Crippen molar-refractivity contribution in [2.24, 2.45) is 5.92 Å². The first-order valence-electron chi connectivity index (χ1n) is 8.41. The molecular formula is C16H31N3O2. The number of carbonyl (C=O) groups excluding carboxylic acids is 1. The molecule has 1 amide bonds. The maximum atomic E-state index is 12.1. The number of likely N-dealkylation sites (tertiary alicyclic amines) is 2. The summed E-state index contributed by atoms with van der Waals surface area (Å²) in [5, 5.41) is 9.43. The largest absolute Gasteiger partial charge is 0.392 e. The molecule has 2 fully saturated rings. The highest BCUT2D eigenvalue weighted by atomic mass is 16.3. The van der Waals surface area contributed by atoms with Crippen LogP contribution < -0.4 is 0 Å². The molecule has 1 N–H and O–H groups in total. The van der Waals surface area contributed by atoms with Crippen molar-refractivity contribution in [2.45, 2.75) is 38.7 Å². The summed E-state index contributed by atoms with van der Waals surface area (Å²) in [6, 6.07) is 0. The van der Waals surface area contributed by atoms with Crippen molar-refractivity contribution in [1.82, 2.24) is 14.7 Å². The highest BCUT2D eigenvalue weighted by Crippen LogP contribution is 2.18. The van der Waals surface area contributed by atoms with Crippen molar-refractivity contribution in [2.75, 3.05) is 52.9 Å². The monoisotopic (exact) mass is 297 g/mol. The lowest BCUT2D eigenvalue weighted by Gasteiger charge is -2.34. The normalized spacial score (nSPS) is 23.0. The molecule has 0 aromatic heterocycles. The zero-order chi connectivity index (χ0) is 15.2. The highest BCUT2D eigenvalue weighted by Gasteiger charge is 2.23. The first-order chi connectivity index (χ1) is 10.0. The topological polar surface area (TPSA) is 47.0 Å². The van der Waals surface area contributed by atoms with E-state index in [-0.39, 0.29) is 6.10 Å². The Kier molecular flexibility index (Phi) is 6.45. The predicted molar refractivity (Wildman–Crippen MR) is 84.2 cm³/mol. The van der Waals surface area contributed by atoms with Crippen LogP contribution in [0.25, 0.3) is 0 Å². The van der Waals surface area contributed by atoms with Gasteiger partial charge < -0.3 is 14.9 Å². The minimum absolute atomic E-state index is 0.234. The molecule has 2 rings (SSSR count). The van der Waals surface area contributed by atoms with Gasteiger partial charge in [0.05, 0.1) is 12.6 Å². The van der Waals surface area contributed by atoms with E-state index < -0.39 is 0 Å². The molecule has 0 aromatic carbocycles. The van der Waals surface area contributed by atoms with Gasteiger partial charge >= 0.3 is 0 Å². The average molecular weight is 297 g/mol. The smallest absolute Gasteiger partial charge is 0.236 e. The van der Waals surface area contributed by atoms with E-state index >= 15 is 0 Å². The molecule has 0 aliphatic carbocycles. The number of piperidine rings is 1. The number of rotatable bonds is 6. The van der Waals surface area contributed by atoms with E-state index in [0.717, 1.165) is 52.1 Å². The molecule has 2 aliphatic heterocycles. The minimum Gasteiger partial charge on any atom is -0.392 e. The van der Waals surface area contributed by atoms with Crippen LogP contribution in [0.15, 0.2) is 0 Å². The van der Waals surface area contributed by atoms with E-state index in [1.165, 1.54) is 12.8 Å². The lowest BCUT2D eigenvalue weighted by Crippen LogP contribution is -2.43. The Bertz CT molecular complexity index is 321. The number of β-amino-alcohol motifs (C(OH)–C–C–N with tert-alkyl or cyclic N) is 1. The van der Waals surface area contributed by atoms with Crippen molar-refractivity contribution >= 4 is 5.91 Å². The standard InChI is InChI=1S/C16H31N3O2/c1-14(20)11-18-9-5-15(6-10-18)12-17(2)13-16(21)19-7-3-4-8-19/h14-15,20H,3-13H2,1-2H3/t14-/m0/s1. The number of hydrogen-bond donors (Lipinski definition) is 1. The van der Waals surface area contributed by atoms with Crippen LogP contribution in [-0.2, 0) is 4.79 Å². The van der Waals surface area contributed by atoms with Crippen LogP contribution in [-0.4, -0.2) is 84.7 Å². The second kappa shape index (κ2) is 8.11. The fraction of sp³-hybridized carbons (Fsp3) is 0.938. The SMILES string of the molecule is C[C@H](O)CN1CCC(CN(C)CC(=O)N2CCCC2)CC1. The summed E-state index contributed by atoms with van der Waals surface area (Å²) in [5.74, 6) is 0.980. The lowest BCUT2D eigenvalue weighted by atomic mass is 9.96. The molecule has 0 saturated carbocycles. The number of nitrogens with zero attached hydrogens (tertiary/aromatic N) is 3. The Morgan fingerprint density at radius 2 is 1.86 bits per heavy atom. The number of amides is 1. The summed E-state index contributed by atoms with van der Waals surface area (Å²) >= 11 is 0. The zero-order valence-corrected chi connectivity index (χ0v) is 13.6. The van der Waals surface area contributed by atoms with Crippen LogP contribution in [0.3, 0.4) is 0 Å². The summed E-state index contributed by atoms with van der Waals surface area (Å²) in [6.45, 7) is 8.26. The summed E-state index contributed by atoms with van der Waals surface area (Å²) in [5.41, 5.74) is 0. The van der Waals surface area contributed by atoms with Gasteiger partial charge in [-0.25, -0.2) is 0 Å². The molecule has 1 atom stereocenters. The molecule has 2 heterocycles. The summed E-state index contributed by atoms with van der Waals surface area (Å²) < 4.78 is 0. The van der Waals surface area contributed by atoms with Gasteiger partial charge in [0.25, 0.3) is 0 Å². The van der Waals surface area contributed by atoms with Gasteiger partial charge in [0, 0.05) is 26.2 Å². The summed E-state index contributed by atoms with van der Waals surface area (Å²) in [6.07, 6.45) is 4.44. The van der Waals surface area contributed by atoms with Crippen LogP contribution in [0.4, 0.5) is 0 Å². The Morgan fingerprint density at radius 3 is 2.43 bits per heavy atom. The molecule has 0 spiro atoms. The molecule has 0 aromatic rings. The van der Waals surface area contributed by atoms with Crippen molar-refractivity contribution < 1.29 is 9.90 Å². The first-order valence-corrected chi connectivity index (χ1v) is 8.41. The number of aliphatic hydroxyl groups excluding tert-OH is 1. The number of carbonyl (C=O) groups is 1. The fourth-order valence-corrected chi connectivity index (χ4v) is 3.53. The van der Waals surface area contributed by atoms with Gasteiger partial charge in [-0.05, 0) is 58.7 Å². The molecule has 2 aliphatic rings. The van der Waals surface area contributed by atoms with Gasteiger partial charge in [-0.1, -0.05) is 0 Å². The third-order valence-corrected chi connectivity index (χ3v) is 4.66. The van der Waals surface area contributed by atoms with E-state index in [0.29, 0.717) is 18.4 Å². The van der Waals surface area contributed by atoms with Gasteiger partial charge in [0.1, 0.15) is 0 Å². The summed E-state index contributed by atoms with van der Waals surface area (Å²) in [4.78, 5) is 18.7. The van der Waals surface area contributed by atoms with E-state index in [4.69, 9.17) is 0 Å². The fourth-order valence-electron chi connectivity index (χ4n) is 3.53. The average Bonchev–Trinajstić information content (AvgIpc) is 2.94.